The van der Waals surface area contributed by atoms with Crippen molar-refractivity contribution in [2.45, 2.75) is 19.4 Å². The Bertz CT molecular complexity index is 626. The third-order valence-corrected chi connectivity index (χ3v) is 4.10. The van der Waals surface area contributed by atoms with Crippen molar-refractivity contribution < 1.29 is 9.59 Å². The van der Waals surface area contributed by atoms with Crippen LogP contribution in [0, 0.1) is 0 Å². The molecule has 0 aliphatic rings. The summed E-state index contributed by atoms with van der Waals surface area (Å²) in [6.45, 7) is 2.22. The molecule has 2 aromatic rings. The molecule has 0 spiro atoms. The van der Waals surface area contributed by atoms with Gasteiger partial charge in [-0.15, -0.1) is 0 Å². The van der Waals surface area contributed by atoms with Crippen LogP contribution in [0.3, 0.4) is 0 Å². The van der Waals surface area contributed by atoms with E-state index in [1.54, 1.807) is 23.6 Å². The Hall–Kier alpha value is -1.85. The summed E-state index contributed by atoms with van der Waals surface area (Å²) in [5.41, 5.74) is 1.61. The normalized spacial score (nSPS) is 11.7. The van der Waals surface area contributed by atoms with Crippen molar-refractivity contribution in [2.75, 3.05) is 6.54 Å². The zero-order valence-corrected chi connectivity index (χ0v) is 13.7. The van der Waals surface area contributed by atoms with Crippen LogP contribution in [0.4, 0.5) is 0 Å². The highest BCUT2D eigenvalue weighted by molar-refractivity contribution is 7.08. The molecule has 2 amide bonds. The fourth-order valence-corrected chi connectivity index (χ4v) is 2.70. The van der Waals surface area contributed by atoms with Crippen LogP contribution in [0.15, 0.2) is 41.1 Å². The van der Waals surface area contributed by atoms with Crippen LogP contribution in [0.5, 0.6) is 0 Å². The van der Waals surface area contributed by atoms with Crippen LogP contribution in [0.2, 0.25) is 5.02 Å². The van der Waals surface area contributed by atoms with E-state index >= 15 is 0 Å². The summed E-state index contributed by atoms with van der Waals surface area (Å²) in [5.74, 6) is -0.257. The first-order chi connectivity index (χ1) is 10.6. The van der Waals surface area contributed by atoms with Gasteiger partial charge in [-0.25, -0.2) is 0 Å². The molecule has 2 N–H and O–H groups in total. The number of carbonyl (C=O) groups is 2. The maximum absolute atomic E-state index is 11.9. The predicted molar refractivity (Wildman–Crippen MR) is 89.3 cm³/mol. The molecule has 1 aromatic carbocycles. The molecule has 1 heterocycles. The number of amides is 2. The van der Waals surface area contributed by atoms with Crippen LogP contribution in [-0.2, 0) is 4.79 Å². The van der Waals surface area contributed by atoms with E-state index in [1.165, 1.54) is 11.3 Å². The number of carbonyl (C=O) groups excluding carboxylic acids is 2. The average molecular weight is 337 g/mol. The Morgan fingerprint density at radius 2 is 1.95 bits per heavy atom. The molecule has 2 rings (SSSR count). The minimum absolute atomic E-state index is 0.0997. The van der Waals surface area contributed by atoms with Crippen molar-refractivity contribution in [3.8, 4) is 0 Å². The van der Waals surface area contributed by atoms with Gasteiger partial charge in [-0.1, -0.05) is 23.7 Å². The van der Waals surface area contributed by atoms with E-state index in [9.17, 15) is 9.59 Å². The summed E-state index contributed by atoms with van der Waals surface area (Å²) in [4.78, 5) is 23.6. The smallest absolute Gasteiger partial charge is 0.252 e. The Labute approximate surface area is 138 Å². The summed E-state index contributed by atoms with van der Waals surface area (Å²) >= 11 is 7.30. The van der Waals surface area contributed by atoms with Gasteiger partial charge < -0.3 is 10.6 Å². The lowest BCUT2D eigenvalue weighted by Crippen LogP contribution is -2.31. The number of thiophene rings is 1. The van der Waals surface area contributed by atoms with Gasteiger partial charge >= 0.3 is 0 Å². The second kappa shape index (κ2) is 7.96. The highest BCUT2D eigenvalue weighted by Gasteiger charge is 2.10. The van der Waals surface area contributed by atoms with Gasteiger partial charge in [0.1, 0.15) is 0 Å². The zero-order valence-electron chi connectivity index (χ0n) is 12.1. The number of nitrogens with one attached hydrogen (secondary N) is 2. The van der Waals surface area contributed by atoms with E-state index in [4.69, 9.17) is 11.6 Å². The molecular weight excluding hydrogens is 320 g/mol. The molecule has 0 saturated heterocycles. The number of hydrogen-bond acceptors (Lipinski definition) is 3. The van der Waals surface area contributed by atoms with Gasteiger partial charge in [0.2, 0.25) is 5.91 Å². The van der Waals surface area contributed by atoms with Gasteiger partial charge in [-0.2, -0.15) is 11.3 Å². The van der Waals surface area contributed by atoms with Gasteiger partial charge in [0.25, 0.3) is 5.91 Å². The second-order valence-corrected chi connectivity index (χ2v) is 6.08. The Kier molecular flexibility index (Phi) is 5.98. The molecule has 0 aliphatic heterocycles. The lowest BCUT2D eigenvalue weighted by molar-refractivity contribution is -0.121. The fourth-order valence-electron chi connectivity index (χ4n) is 1.93. The molecule has 6 heteroatoms. The molecular formula is C16H17ClN2O2S. The quantitative estimate of drug-likeness (QED) is 0.849. The van der Waals surface area contributed by atoms with Gasteiger partial charge in [-0.05, 0) is 36.1 Å². The molecule has 0 saturated carbocycles. The number of benzene rings is 1. The number of hydrogen-bond donors (Lipinski definition) is 2. The molecule has 1 unspecified atom stereocenters. The molecule has 0 bridgehead atoms. The summed E-state index contributed by atoms with van der Waals surface area (Å²) < 4.78 is 0. The Morgan fingerprint density at radius 1 is 1.23 bits per heavy atom. The molecule has 22 heavy (non-hydrogen) atoms. The van der Waals surface area contributed by atoms with Crippen LogP contribution in [0.25, 0.3) is 0 Å². The van der Waals surface area contributed by atoms with Gasteiger partial charge in [0.15, 0.2) is 0 Å². The van der Waals surface area contributed by atoms with E-state index in [-0.39, 0.29) is 24.3 Å². The minimum Gasteiger partial charge on any atom is -0.351 e. The maximum atomic E-state index is 11.9. The third-order valence-electron chi connectivity index (χ3n) is 3.17. The zero-order chi connectivity index (χ0) is 15.9. The highest BCUT2D eigenvalue weighted by atomic mass is 35.5. The first-order valence-corrected chi connectivity index (χ1v) is 8.23. The summed E-state index contributed by atoms with van der Waals surface area (Å²) in [5, 5.41) is 9.90. The monoisotopic (exact) mass is 336 g/mol. The topological polar surface area (TPSA) is 58.2 Å². The Balaban J connectivity index is 1.73. The lowest BCUT2D eigenvalue weighted by atomic mass is 10.1. The summed E-state index contributed by atoms with van der Waals surface area (Å²) in [7, 11) is 0. The summed E-state index contributed by atoms with van der Waals surface area (Å²) in [6.07, 6.45) is 0.244. The predicted octanol–water partition coefficient (Wildman–Crippen LogP) is 3.40. The molecule has 0 fully saturated rings. The van der Waals surface area contributed by atoms with Crippen LogP contribution in [0.1, 0.15) is 35.3 Å². The fraction of sp³-hybridized carbons (Fsp3) is 0.250. The first-order valence-electron chi connectivity index (χ1n) is 6.91. The molecule has 4 nitrogen and oxygen atoms in total. The van der Waals surface area contributed by atoms with E-state index in [1.807, 2.05) is 24.4 Å². The first kappa shape index (κ1) is 16.5. The standard InChI is InChI=1S/C16H17ClN2O2S/c1-11(12-2-4-14(17)5-3-12)19-15(20)6-8-18-16(21)13-7-9-22-10-13/h2-5,7,9-11H,6,8H2,1H3,(H,18,21)(H,19,20). The van der Waals surface area contributed by atoms with Gasteiger partial charge in [0.05, 0.1) is 6.04 Å². The van der Waals surface area contributed by atoms with Gasteiger partial charge in [0, 0.05) is 28.9 Å². The van der Waals surface area contributed by atoms with E-state index in [0.717, 1.165) is 5.56 Å². The van der Waals surface area contributed by atoms with Crippen molar-refractivity contribution in [3.05, 3.63) is 57.2 Å². The molecule has 1 atom stereocenters. The number of rotatable bonds is 6. The van der Waals surface area contributed by atoms with E-state index in [0.29, 0.717) is 17.1 Å². The lowest BCUT2D eigenvalue weighted by Gasteiger charge is -2.14. The second-order valence-electron chi connectivity index (χ2n) is 4.86. The third kappa shape index (κ3) is 4.86. The average Bonchev–Trinajstić information content (AvgIpc) is 3.02. The summed E-state index contributed by atoms with van der Waals surface area (Å²) in [6, 6.07) is 9.00. The van der Waals surface area contributed by atoms with Crippen LogP contribution in [-0.4, -0.2) is 18.4 Å². The van der Waals surface area contributed by atoms with Crippen molar-refractivity contribution in [3.63, 3.8) is 0 Å². The van der Waals surface area contributed by atoms with Crippen molar-refractivity contribution >= 4 is 34.8 Å². The van der Waals surface area contributed by atoms with Crippen molar-refractivity contribution in [2.24, 2.45) is 0 Å². The van der Waals surface area contributed by atoms with E-state index < -0.39 is 0 Å². The molecule has 0 radical (unpaired) electrons. The number of halogens is 1. The van der Waals surface area contributed by atoms with Crippen molar-refractivity contribution in [1.29, 1.82) is 0 Å². The largest absolute Gasteiger partial charge is 0.351 e. The Morgan fingerprint density at radius 3 is 2.59 bits per heavy atom. The SMILES string of the molecule is CC(NC(=O)CCNC(=O)c1ccsc1)c1ccc(Cl)cc1. The molecule has 1 aromatic heterocycles. The molecule has 116 valence electrons. The highest BCUT2D eigenvalue weighted by Crippen LogP contribution is 2.16. The maximum Gasteiger partial charge on any atom is 0.252 e. The molecule has 0 aliphatic carbocycles. The van der Waals surface area contributed by atoms with Gasteiger partial charge in [-0.3, -0.25) is 9.59 Å². The van der Waals surface area contributed by atoms with Crippen LogP contribution >= 0.6 is 22.9 Å². The van der Waals surface area contributed by atoms with Crippen molar-refractivity contribution in [1.82, 2.24) is 10.6 Å². The van der Waals surface area contributed by atoms with E-state index in [2.05, 4.69) is 10.6 Å². The van der Waals surface area contributed by atoms with Crippen LogP contribution < -0.4 is 10.6 Å². The minimum atomic E-state index is -0.153.